The minimum absolute atomic E-state index is 0.0559. The number of nitrogens with one attached hydrogen (secondary N) is 5. The summed E-state index contributed by atoms with van der Waals surface area (Å²) in [5.41, 5.74) is -0.0581. The fourth-order valence-corrected chi connectivity index (χ4v) is 10.0. The molecule has 0 aliphatic carbocycles. The molecule has 3 aliphatic heterocycles. The molecule has 3 aliphatic rings. The Morgan fingerprint density at radius 3 is 1.95 bits per heavy atom. The third-order valence-electron chi connectivity index (χ3n) is 14.8. The summed E-state index contributed by atoms with van der Waals surface area (Å²) in [5.74, 6) is -6.75. The fraction of sp³-hybridized carbons (Fsp3) is 0.750. The van der Waals surface area contributed by atoms with E-state index in [1.54, 1.807) is 19.0 Å². The summed E-state index contributed by atoms with van der Waals surface area (Å²) < 4.78 is 0. The number of benzene rings is 1. The Kier molecular flexibility index (Phi) is 25.2. The van der Waals surface area contributed by atoms with E-state index in [0.717, 1.165) is 55.2 Å². The standard InChI is InChI=1S/C52H86N8O16/c1-7-28(2)24-29(3)14-12-10-8-9-11-13-15-39(67)53-34-26-38(66)48(72)57-50(74)43-37(65)21-23-59(43)52(76)41(36(64)20-22-58(5)6)55-49(73)42(45(69)44(68)31-16-18-32(62)19-17-31)56-47(71)35-25-33(63)27-60(35)51(75)40(30(4)61)54-46(34)70/h16-19,28-30,33-38,40-45,48,61-66,68-69,72H,7-15,20-27H2,1-6H3,(H,53,67)(H,54,70)(H,55,73)(H,56,71)(H,57,74)/t28?,29?,30-,33-,34+,35+,36-,37+,38-,40+,41+,42+,43+,44+,45+,48-/m1/s1. The van der Waals surface area contributed by atoms with Crippen LogP contribution in [0.2, 0.25) is 0 Å². The highest BCUT2D eigenvalue weighted by atomic mass is 16.3. The molecule has 16 atom stereocenters. The predicted molar refractivity (Wildman–Crippen MR) is 275 cm³/mol. The van der Waals surface area contributed by atoms with Crippen molar-refractivity contribution >= 4 is 41.4 Å². The molecule has 4 rings (SSSR count). The number of hydrogen-bond acceptors (Lipinski definition) is 17. The van der Waals surface area contributed by atoms with Crippen molar-refractivity contribution in [3.8, 4) is 5.75 Å². The second-order valence-corrected chi connectivity index (χ2v) is 21.5. The van der Waals surface area contributed by atoms with E-state index < -0.39 is 146 Å². The second-order valence-electron chi connectivity index (χ2n) is 21.5. The largest absolute Gasteiger partial charge is 0.508 e. The molecule has 0 radical (unpaired) electrons. The maximum Gasteiger partial charge on any atom is 0.248 e. The minimum Gasteiger partial charge on any atom is -0.508 e. The Balaban J connectivity index is 1.70. The van der Waals surface area contributed by atoms with Crippen molar-refractivity contribution in [3.63, 3.8) is 0 Å². The number of carbonyl (C=O) groups excluding carboxylic acids is 7. The van der Waals surface area contributed by atoms with Crippen LogP contribution in [0, 0.1) is 11.8 Å². The first-order valence-corrected chi connectivity index (χ1v) is 26.8. The van der Waals surface area contributed by atoms with Crippen molar-refractivity contribution in [1.29, 1.82) is 0 Å². The minimum atomic E-state index is -2.28. The van der Waals surface area contributed by atoms with E-state index in [0.29, 0.717) is 24.7 Å². The van der Waals surface area contributed by atoms with Crippen LogP contribution in [0.4, 0.5) is 0 Å². The third-order valence-corrected chi connectivity index (χ3v) is 14.8. The van der Waals surface area contributed by atoms with E-state index in [4.69, 9.17) is 0 Å². The maximum atomic E-state index is 14.6. The number of carbonyl (C=O) groups is 7. The van der Waals surface area contributed by atoms with E-state index in [1.165, 1.54) is 30.7 Å². The van der Waals surface area contributed by atoms with Crippen LogP contribution in [0.1, 0.15) is 129 Å². The molecule has 3 saturated heterocycles. The number of aliphatic hydroxyl groups is 8. The van der Waals surface area contributed by atoms with Gasteiger partial charge in [-0.1, -0.05) is 77.8 Å². The van der Waals surface area contributed by atoms with Gasteiger partial charge >= 0.3 is 0 Å². The van der Waals surface area contributed by atoms with Crippen LogP contribution in [0.3, 0.4) is 0 Å². The van der Waals surface area contributed by atoms with Crippen molar-refractivity contribution in [2.75, 3.05) is 33.7 Å². The van der Waals surface area contributed by atoms with E-state index >= 15 is 0 Å². The van der Waals surface area contributed by atoms with Gasteiger partial charge in [-0.25, -0.2) is 0 Å². The summed E-state index contributed by atoms with van der Waals surface area (Å²) >= 11 is 0. The average Bonchev–Trinajstić information content (AvgIpc) is 3.97. The van der Waals surface area contributed by atoms with Gasteiger partial charge < -0.3 is 87.2 Å². The average molecular weight is 1080 g/mol. The summed E-state index contributed by atoms with van der Waals surface area (Å²) in [7, 11) is 3.32. The number of fused-ring (bicyclic) bond motifs is 2. The van der Waals surface area contributed by atoms with Gasteiger partial charge in [-0.2, -0.15) is 0 Å². The van der Waals surface area contributed by atoms with E-state index in [-0.39, 0.29) is 43.7 Å². The van der Waals surface area contributed by atoms with Gasteiger partial charge in [0.1, 0.15) is 60.3 Å². The van der Waals surface area contributed by atoms with E-state index in [9.17, 15) is 79.5 Å². The van der Waals surface area contributed by atoms with Crippen LogP contribution in [0.15, 0.2) is 24.3 Å². The molecular weight excluding hydrogens is 993 g/mol. The number of aliphatic hydroxyl groups excluding tert-OH is 8. The Hall–Kier alpha value is -5.05. The Labute approximate surface area is 445 Å². The van der Waals surface area contributed by atoms with Crippen molar-refractivity contribution < 1.29 is 79.5 Å². The van der Waals surface area contributed by atoms with Crippen LogP contribution in [-0.2, 0) is 33.6 Å². The smallest absolute Gasteiger partial charge is 0.248 e. The fourth-order valence-electron chi connectivity index (χ4n) is 10.0. The lowest BCUT2D eigenvalue weighted by atomic mass is 9.91. The van der Waals surface area contributed by atoms with Gasteiger partial charge in [0.15, 0.2) is 6.23 Å². The number of hydrogen-bond donors (Lipinski definition) is 14. The zero-order valence-electron chi connectivity index (χ0n) is 44.8. The van der Waals surface area contributed by atoms with Crippen LogP contribution in [0.25, 0.3) is 0 Å². The highest BCUT2D eigenvalue weighted by molar-refractivity contribution is 5.98. The van der Waals surface area contributed by atoms with Gasteiger partial charge in [-0.15, -0.1) is 0 Å². The first-order chi connectivity index (χ1) is 35.8. The number of aromatic hydroxyl groups is 1. The highest BCUT2D eigenvalue weighted by Gasteiger charge is 2.49. The molecule has 0 spiro atoms. The van der Waals surface area contributed by atoms with Gasteiger partial charge in [0.25, 0.3) is 0 Å². The number of amides is 7. The normalized spacial score (nSPS) is 28.9. The van der Waals surface area contributed by atoms with Crippen LogP contribution >= 0.6 is 0 Å². The highest BCUT2D eigenvalue weighted by Crippen LogP contribution is 2.27. The lowest BCUT2D eigenvalue weighted by Gasteiger charge is -2.35. The molecule has 3 heterocycles. The molecule has 7 amide bonds. The molecule has 430 valence electrons. The van der Waals surface area contributed by atoms with E-state index in [1.807, 2.05) is 0 Å². The Morgan fingerprint density at radius 1 is 0.711 bits per heavy atom. The van der Waals surface area contributed by atoms with Crippen molar-refractivity contribution in [1.82, 2.24) is 41.3 Å². The number of unbranched alkanes of at least 4 members (excludes halogenated alkanes) is 5. The molecule has 24 heteroatoms. The third kappa shape index (κ3) is 18.3. The quantitative estimate of drug-likeness (QED) is 0.0578. The molecule has 3 fully saturated rings. The summed E-state index contributed by atoms with van der Waals surface area (Å²) in [6, 6.07) is -6.57. The monoisotopic (exact) mass is 1080 g/mol. The lowest BCUT2D eigenvalue weighted by molar-refractivity contribution is -0.149. The van der Waals surface area contributed by atoms with Crippen molar-refractivity contribution in [3.05, 3.63) is 29.8 Å². The Bertz CT molecular complexity index is 2070. The second kappa shape index (κ2) is 30.2. The molecule has 1 aromatic rings. The first kappa shape index (κ1) is 63.5. The van der Waals surface area contributed by atoms with Gasteiger partial charge in [-0.3, -0.25) is 33.6 Å². The lowest BCUT2D eigenvalue weighted by Crippen LogP contribution is -2.64. The van der Waals surface area contributed by atoms with Crippen LogP contribution in [-0.4, -0.2) is 215 Å². The predicted octanol–water partition coefficient (Wildman–Crippen LogP) is -2.26. The summed E-state index contributed by atoms with van der Waals surface area (Å²) in [6.07, 6.45) is -8.17. The summed E-state index contributed by atoms with van der Waals surface area (Å²) in [4.78, 5) is 103. The molecule has 0 aromatic heterocycles. The number of phenolic OH excluding ortho intramolecular Hbond substituents is 1. The van der Waals surface area contributed by atoms with Crippen LogP contribution < -0.4 is 26.6 Å². The van der Waals surface area contributed by atoms with Gasteiger partial charge in [0.05, 0.1) is 24.4 Å². The molecule has 76 heavy (non-hydrogen) atoms. The summed E-state index contributed by atoms with van der Waals surface area (Å²) in [5, 5.41) is 112. The zero-order valence-corrected chi connectivity index (χ0v) is 44.8. The summed E-state index contributed by atoms with van der Waals surface area (Å²) in [6.45, 7) is 7.10. The van der Waals surface area contributed by atoms with Crippen LogP contribution in [0.5, 0.6) is 5.75 Å². The maximum absolute atomic E-state index is 14.6. The Morgan fingerprint density at radius 2 is 1.32 bits per heavy atom. The topological polar surface area (TPSA) is 371 Å². The van der Waals surface area contributed by atoms with Crippen molar-refractivity contribution in [2.45, 2.75) is 203 Å². The molecule has 14 N–H and O–H groups in total. The van der Waals surface area contributed by atoms with Crippen molar-refractivity contribution in [2.24, 2.45) is 11.8 Å². The zero-order chi connectivity index (χ0) is 56.6. The van der Waals surface area contributed by atoms with Gasteiger partial charge in [-0.05, 0) is 76.2 Å². The SMILES string of the molecule is CCC(C)CC(C)CCCCCCCCC(=O)N[C@H]1C[C@@H](O)[C@@H](O)NC(=O)[C@@H]2[C@@H](O)CCN2C(=O)[C@H]([C@H](O)CCN(C)C)NC(=O)[C@H]([C@H](O)[C@@H](O)c2ccc(O)cc2)NC(=O)[C@@H]2C[C@@H](O)CN2C(=O)[C@H]([C@@H](C)O)NC1=O. The molecule has 1 aromatic carbocycles. The number of phenols is 1. The first-order valence-electron chi connectivity index (χ1n) is 26.8. The molecule has 0 saturated carbocycles. The number of rotatable bonds is 21. The molecule has 0 bridgehead atoms. The van der Waals surface area contributed by atoms with E-state index in [2.05, 4.69) is 47.4 Å². The van der Waals surface area contributed by atoms with Gasteiger partial charge in [0.2, 0.25) is 41.4 Å². The molecular formula is C52H86N8O16. The van der Waals surface area contributed by atoms with Gasteiger partial charge in [0, 0.05) is 38.9 Å². The number of nitrogens with zero attached hydrogens (tertiary/aromatic N) is 3. The molecule has 2 unspecified atom stereocenters. The molecule has 24 nitrogen and oxygen atoms in total.